The standard InChI is InChI=1S/C16H22N2O6/c1-17(11-15(21)24-18-13(19)9-10-14(18)20)16(22)23-12-7-5-3-2-4-6-8-12/h5,7,12H,2-4,6,8-11H2,1H3/b7-5+. The lowest BCUT2D eigenvalue weighted by Gasteiger charge is -2.21. The van der Waals surface area contributed by atoms with E-state index in [1.54, 1.807) is 0 Å². The first kappa shape index (κ1) is 18.0. The molecule has 0 bridgehead atoms. The molecule has 0 radical (unpaired) electrons. The second kappa shape index (κ2) is 8.47. The Labute approximate surface area is 140 Å². The summed E-state index contributed by atoms with van der Waals surface area (Å²) in [6.45, 7) is -0.410. The number of amides is 3. The highest BCUT2D eigenvalue weighted by Gasteiger charge is 2.33. The fourth-order valence-electron chi connectivity index (χ4n) is 2.49. The highest BCUT2D eigenvalue weighted by molar-refractivity contribution is 6.01. The van der Waals surface area contributed by atoms with Gasteiger partial charge in [-0.15, -0.1) is 5.06 Å². The van der Waals surface area contributed by atoms with E-state index in [1.807, 2.05) is 12.2 Å². The lowest BCUT2D eigenvalue weighted by Crippen LogP contribution is -2.39. The molecule has 0 aromatic heterocycles. The number of hydrogen-bond acceptors (Lipinski definition) is 6. The summed E-state index contributed by atoms with van der Waals surface area (Å²) in [7, 11) is 1.39. The van der Waals surface area contributed by atoms with Crippen molar-refractivity contribution in [2.45, 2.75) is 51.0 Å². The number of hydrogen-bond donors (Lipinski definition) is 0. The van der Waals surface area contributed by atoms with E-state index in [-0.39, 0.29) is 18.9 Å². The minimum absolute atomic E-state index is 0.0258. The van der Waals surface area contributed by atoms with Crippen molar-refractivity contribution >= 4 is 23.9 Å². The Morgan fingerprint density at radius 3 is 2.62 bits per heavy atom. The van der Waals surface area contributed by atoms with E-state index in [4.69, 9.17) is 9.57 Å². The van der Waals surface area contributed by atoms with E-state index in [9.17, 15) is 19.2 Å². The molecule has 0 aromatic rings. The van der Waals surface area contributed by atoms with Gasteiger partial charge in [-0.2, -0.15) is 0 Å². The van der Waals surface area contributed by atoms with Crippen LogP contribution in [0.25, 0.3) is 0 Å². The number of carbonyl (C=O) groups is 4. The Bertz CT molecular complexity index is 529. The van der Waals surface area contributed by atoms with E-state index in [1.165, 1.54) is 7.05 Å². The summed E-state index contributed by atoms with van der Waals surface area (Å²) in [5.74, 6) is -1.98. The van der Waals surface area contributed by atoms with Crippen molar-refractivity contribution < 1.29 is 28.8 Å². The molecule has 8 nitrogen and oxygen atoms in total. The molecular weight excluding hydrogens is 316 g/mol. The first-order valence-electron chi connectivity index (χ1n) is 8.12. The summed E-state index contributed by atoms with van der Waals surface area (Å²) < 4.78 is 5.35. The molecule has 0 aromatic carbocycles. The predicted molar refractivity (Wildman–Crippen MR) is 82.3 cm³/mol. The molecule has 1 heterocycles. The van der Waals surface area contributed by atoms with Crippen molar-refractivity contribution in [3.63, 3.8) is 0 Å². The molecule has 24 heavy (non-hydrogen) atoms. The predicted octanol–water partition coefficient (Wildman–Crippen LogP) is 1.55. The molecule has 132 valence electrons. The van der Waals surface area contributed by atoms with Gasteiger partial charge in [0.1, 0.15) is 12.6 Å². The average molecular weight is 338 g/mol. The molecule has 0 spiro atoms. The second-order valence-corrected chi connectivity index (χ2v) is 5.89. The number of rotatable bonds is 4. The Morgan fingerprint density at radius 2 is 1.92 bits per heavy atom. The summed E-state index contributed by atoms with van der Waals surface area (Å²) in [5, 5.41) is 0.457. The van der Waals surface area contributed by atoms with Gasteiger partial charge in [0, 0.05) is 19.9 Å². The number of nitrogens with zero attached hydrogens (tertiary/aromatic N) is 2. The van der Waals surface area contributed by atoms with E-state index >= 15 is 0 Å². The van der Waals surface area contributed by atoms with Gasteiger partial charge in [0.15, 0.2) is 0 Å². The van der Waals surface area contributed by atoms with Crippen LogP contribution < -0.4 is 0 Å². The van der Waals surface area contributed by atoms with Crippen molar-refractivity contribution in [3.05, 3.63) is 12.2 Å². The van der Waals surface area contributed by atoms with Crippen LogP contribution in [0.1, 0.15) is 44.9 Å². The molecular formula is C16H22N2O6. The normalized spacial score (nSPS) is 22.5. The summed E-state index contributed by atoms with van der Waals surface area (Å²) >= 11 is 0. The maximum absolute atomic E-state index is 12.0. The molecule has 2 aliphatic rings. The van der Waals surface area contributed by atoms with Gasteiger partial charge >= 0.3 is 12.1 Å². The van der Waals surface area contributed by atoms with Crippen LogP contribution in [0.5, 0.6) is 0 Å². The van der Waals surface area contributed by atoms with E-state index in [0.29, 0.717) is 5.06 Å². The molecule has 1 atom stereocenters. The number of hydroxylamine groups is 2. The third-order valence-electron chi connectivity index (χ3n) is 3.84. The summed E-state index contributed by atoms with van der Waals surface area (Å²) in [6, 6.07) is 0. The molecule has 1 fully saturated rings. The summed E-state index contributed by atoms with van der Waals surface area (Å²) in [6.07, 6.45) is 7.88. The lowest BCUT2D eigenvalue weighted by atomic mass is 10.0. The topological polar surface area (TPSA) is 93.2 Å². The summed E-state index contributed by atoms with van der Waals surface area (Å²) in [4.78, 5) is 52.3. The van der Waals surface area contributed by atoms with Gasteiger partial charge in [-0.3, -0.25) is 9.59 Å². The van der Waals surface area contributed by atoms with Gasteiger partial charge in [-0.1, -0.05) is 12.5 Å². The smallest absolute Gasteiger partial charge is 0.410 e. The van der Waals surface area contributed by atoms with E-state index in [2.05, 4.69) is 0 Å². The van der Waals surface area contributed by atoms with Gasteiger partial charge in [0.25, 0.3) is 11.8 Å². The van der Waals surface area contributed by atoms with Gasteiger partial charge in [-0.25, -0.2) is 9.59 Å². The van der Waals surface area contributed by atoms with Crippen LogP contribution in [0.4, 0.5) is 4.79 Å². The molecule has 1 aliphatic heterocycles. The highest BCUT2D eigenvalue weighted by atomic mass is 16.7. The third kappa shape index (κ3) is 5.07. The zero-order valence-corrected chi connectivity index (χ0v) is 13.7. The summed E-state index contributed by atoms with van der Waals surface area (Å²) in [5.41, 5.74) is 0. The van der Waals surface area contributed by atoms with Crippen molar-refractivity contribution in [1.82, 2.24) is 9.96 Å². The molecule has 2 rings (SSSR count). The van der Waals surface area contributed by atoms with Gasteiger partial charge in [0.05, 0.1) is 0 Å². The molecule has 0 N–H and O–H groups in total. The van der Waals surface area contributed by atoms with E-state index < -0.39 is 30.4 Å². The quantitative estimate of drug-likeness (QED) is 0.570. The number of carbonyl (C=O) groups excluding carboxylic acids is 4. The minimum atomic E-state index is -0.869. The monoisotopic (exact) mass is 338 g/mol. The minimum Gasteiger partial charge on any atom is -0.442 e. The van der Waals surface area contributed by atoms with Gasteiger partial charge in [0.2, 0.25) is 0 Å². The van der Waals surface area contributed by atoms with Crippen LogP contribution >= 0.6 is 0 Å². The molecule has 8 heteroatoms. The number of likely N-dealkylation sites (N-methyl/N-ethyl adjacent to an activating group) is 1. The Morgan fingerprint density at radius 1 is 1.21 bits per heavy atom. The maximum atomic E-state index is 12.0. The lowest BCUT2D eigenvalue weighted by molar-refractivity contribution is -0.197. The molecule has 0 saturated carbocycles. The zero-order valence-electron chi connectivity index (χ0n) is 13.7. The molecule has 1 unspecified atom stereocenters. The molecule has 1 aliphatic carbocycles. The zero-order chi connectivity index (χ0) is 17.5. The Hall–Kier alpha value is -2.38. The highest BCUT2D eigenvalue weighted by Crippen LogP contribution is 2.15. The first-order chi connectivity index (χ1) is 11.5. The van der Waals surface area contributed by atoms with Gasteiger partial charge in [-0.05, 0) is 31.8 Å². The number of allylic oxidation sites excluding steroid dienone is 1. The van der Waals surface area contributed by atoms with E-state index in [0.717, 1.165) is 37.0 Å². The number of imide groups is 1. The van der Waals surface area contributed by atoms with Crippen LogP contribution in [0.2, 0.25) is 0 Å². The SMILES string of the molecule is CN(CC(=O)ON1C(=O)CCC1=O)C(=O)OC1/C=C/CCCCC1. The van der Waals surface area contributed by atoms with Crippen LogP contribution in [0, 0.1) is 0 Å². The van der Waals surface area contributed by atoms with Crippen molar-refractivity contribution in [1.29, 1.82) is 0 Å². The Kier molecular flexibility index (Phi) is 6.34. The van der Waals surface area contributed by atoms with Crippen LogP contribution in [0.15, 0.2) is 12.2 Å². The van der Waals surface area contributed by atoms with Crippen molar-refractivity contribution in [2.24, 2.45) is 0 Å². The first-order valence-corrected chi connectivity index (χ1v) is 8.12. The molecule has 1 saturated heterocycles. The largest absolute Gasteiger partial charge is 0.442 e. The van der Waals surface area contributed by atoms with Crippen molar-refractivity contribution in [2.75, 3.05) is 13.6 Å². The third-order valence-corrected chi connectivity index (χ3v) is 3.84. The van der Waals surface area contributed by atoms with Crippen LogP contribution in [0.3, 0.4) is 0 Å². The molecule has 3 amide bonds. The second-order valence-electron chi connectivity index (χ2n) is 5.89. The average Bonchev–Trinajstić information content (AvgIpc) is 2.81. The Balaban J connectivity index is 1.79. The fourth-order valence-corrected chi connectivity index (χ4v) is 2.49. The number of ether oxygens (including phenoxy) is 1. The van der Waals surface area contributed by atoms with Crippen LogP contribution in [-0.4, -0.2) is 53.5 Å². The van der Waals surface area contributed by atoms with Gasteiger partial charge < -0.3 is 14.5 Å². The maximum Gasteiger partial charge on any atom is 0.410 e. The van der Waals surface area contributed by atoms with Crippen molar-refractivity contribution in [3.8, 4) is 0 Å². The van der Waals surface area contributed by atoms with Crippen LogP contribution in [-0.2, 0) is 24.0 Å². The fraction of sp³-hybridized carbons (Fsp3) is 0.625.